The number of aryl methyl sites for hydroxylation is 1. The summed E-state index contributed by atoms with van der Waals surface area (Å²) in [6.07, 6.45) is -0.401. The summed E-state index contributed by atoms with van der Waals surface area (Å²) in [7, 11) is 0. The van der Waals surface area contributed by atoms with Crippen molar-refractivity contribution in [3.8, 4) is 0 Å². The number of aliphatic hydroxyl groups is 1. The number of hydrogen-bond acceptors (Lipinski definition) is 4. The molecular weight excluding hydrogens is 276 g/mol. The van der Waals surface area contributed by atoms with Crippen molar-refractivity contribution in [2.75, 3.05) is 18.4 Å². The summed E-state index contributed by atoms with van der Waals surface area (Å²) in [6.45, 7) is 7.57. The molecule has 0 radical (unpaired) electrons. The van der Waals surface area contributed by atoms with Crippen LogP contribution in [0.4, 0.5) is 5.82 Å². The van der Waals surface area contributed by atoms with E-state index in [0.29, 0.717) is 5.92 Å². The molecule has 1 aliphatic heterocycles. The van der Waals surface area contributed by atoms with E-state index in [0.717, 1.165) is 43.3 Å². The Morgan fingerprint density at radius 2 is 2.18 bits per heavy atom. The van der Waals surface area contributed by atoms with Gasteiger partial charge in [-0.05, 0) is 25.0 Å². The monoisotopic (exact) mass is 300 g/mol. The quantitative estimate of drug-likeness (QED) is 0.791. The number of fused-ring (bicyclic) bond motifs is 1. The SMILES string of the molecule is Cc1cc2n(n1)C[C@@H](CNCc1ccc([C@H](C)O)cc1)CN2. The Kier molecular flexibility index (Phi) is 4.45. The molecule has 0 bridgehead atoms. The van der Waals surface area contributed by atoms with E-state index in [-0.39, 0.29) is 0 Å². The second-order valence-electron chi connectivity index (χ2n) is 6.15. The topological polar surface area (TPSA) is 62.1 Å². The molecule has 0 saturated carbocycles. The van der Waals surface area contributed by atoms with Crippen LogP contribution >= 0.6 is 0 Å². The fourth-order valence-corrected chi connectivity index (χ4v) is 2.86. The molecule has 1 aromatic carbocycles. The number of benzene rings is 1. The highest BCUT2D eigenvalue weighted by molar-refractivity contribution is 5.38. The van der Waals surface area contributed by atoms with Gasteiger partial charge in [0.1, 0.15) is 5.82 Å². The van der Waals surface area contributed by atoms with Crippen LogP contribution in [0.15, 0.2) is 30.3 Å². The van der Waals surface area contributed by atoms with Crippen LogP contribution in [0, 0.1) is 12.8 Å². The average molecular weight is 300 g/mol. The molecule has 5 heteroatoms. The van der Waals surface area contributed by atoms with Crippen molar-refractivity contribution < 1.29 is 5.11 Å². The molecule has 0 amide bonds. The van der Waals surface area contributed by atoms with Crippen molar-refractivity contribution in [2.24, 2.45) is 5.92 Å². The average Bonchev–Trinajstić information content (AvgIpc) is 2.87. The Labute approximate surface area is 131 Å². The number of anilines is 1. The number of aliphatic hydroxyl groups excluding tert-OH is 1. The minimum absolute atomic E-state index is 0.401. The van der Waals surface area contributed by atoms with Gasteiger partial charge in [-0.2, -0.15) is 5.10 Å². The van der Waals surface area contributed by atoms with E-state index < -0.39 is 6.10 Å². The molecule has 0 unspecified atom stereocenters. The fourth-order valence-electron chi connectivity index (χ4n) is 2.86. The summed E-state index contributed by atoms with van der Waals surface area (Å²) in [5.41, 5.74) is 3.26. The summed E-state index contributed by atoms with van der Waals surface area (Å²) in [5.74, 6) is 1.67. The van der Waals surface area contributed by atoms with Gasteiger partial charge in [-0.3, -0.25) is 0 Å². The maximum atomic E-state index is 9.51. The summed E-state index contributed by atoms with van der Waals surface area (Å²) < 4.78 is 2.06. The number of nitrogens with one attached hydrogen (secondary N) is 2. The molecule has 1 aromatic heterocycles. The predicted molar refractivity (Wildman–Crippen MR) is 87.7 cm³/mol. The molecule has 2 atom stereocenters. The van der Waals surface area contributed by atoms with Crippen LogP contribution in [0.5, 0.6) is 0 Å². The van der Waals surface area contributed by atoms with Crippen molar-refractivity contribution in [1.29, 1.82) is 0 Å². The maximum absolute atomic E-state index is 9.51. The van der Waals surface area contributed by atoms with Gasteiger partial charge in [0.25, 0.3) is 0 Å². The van der Waals surface area contributed by atoms with E-state index in [9.17, 15) is 5.11 Å². The summed E-state index contributed by atoms with van der Waals surface area (Å²) >= 11 is 0. The maximum Gasteiger partial charge on any atom is 0.124 e. The van der Waals surface area contributed by atoms with Gasteiger partial charge in [0.2, 0.25) is 0 Å². The number of hydrogen-bond donors (Lipinski definition) is 3. The molecular formula is C17H24N4O. The Balaban J connectivity index is 1.47. The van der Waals surface area contributed by atoms with Gasteiger partial charge in [0.15, 0.2) is 0 Å². The lowest BCUT2D eigenvalue weighted by molar-refractivity contribution is 0.199. The zero-order valence-electron chi connectivity index (χ0n) is 13.2. The zero-order valence-corrected chi connectivity index (χ0v) is 13.2. The Bertz CT molecular complexity index is 618. The first-order valence-electron chi connectivity index (χ1n) is 7.88. The van der Waals surface area contributed by atoms with Crippen LogP contribution in [-0.4, -0.2) is 28.0 Å². The van der Waals surface area contributed by atoms with Gasteiger partial charge >= 0.3 is 0 Å². The first-order chi connectivity index (χ1) is 10.6. The van der Waals surface area contributed by atoms with Crippen LogP contribution in [0.2, 0.25) is 0 Å². The van der Waals surface area contributed by atoms with Crippen molar-refractivity contribution in [1.82, 2.24) is 15.1 Å². The highest BCUT2D eigenvalue weighted by Gasteiger charge is 2.18. The molecule has 0 fully saturated rings. The second-order valence-corrected chi connectivity index (χ2v) is 6.15. The van der Waals surface area contributed by atoms with Crippen molar-refractivity contribution in [2.45, 2.75) is 33.0 Å². The highest BCUT2D eigenvalue weighted by Crippen LogP contribution is 2.18. The van der Waals surface area contributed by atoms with Crippen LogP contribution in [0.1, 0.15) is 29.8 Å². The summed E-state index contributed by atoms with van der Waals surface area (Å²) in [4.78, 5) is 0. The third-order valence-corrected chi connectivity index (χ3v) is 4.13. The van der Waals surface area contributed by atoms with Crippen LogP contribution in [-0.2, 0) is 13.1 Å². The molecule has 2 heterocycles. The van der Waals surface area contributed by atoms with Crippen molar-refractivity contribution >= 4 is 5.82 Å². The second kappa shape index (κ2) is 6.50. The van der Waals surface area contributed by atoms with Crippen LogP contribution in [0.3, 0.4) is 0 Å². The van der Waals surface area contributed by atoms with E-state index in [1.54, 1.807) is 6.92 Å². The van der Waals surface area contributed by atoms with Crippen molar-refractivity contribution in [3.05, 3.63) is 47.2 Å². The van der Waals surface area contributed by atoms with Gasteiger partial charge in [-0.15, -0.1) is 0 Å². The van der Waals surface area contributed by atoms with E-state index in [2.05, 4.69) is 38.6 Å². The molecule has 2 aromatic rings. The van der Waals surface area contributed by atoms with Gasteiger partial charge in [-0.1, -0.05) is 24.3 Å². The minimum atomic E-state index is -0.401. The Morgan fingerprint density at radius 1 is 1.41 bits per heavy atom. The first kappa shape index (κ1) is 15.1. The number of nitrogens with zero attached hydrogens (tertiary/aromatic N) is 2. The normalized spacial score (nSPS) is 18.6. The molecule has 1 aliphatic rings. The largest absolute Gasteiger partial charge is 0.389 e. The molecule has 5 nitrogen and oxygen atoms in total. The van der Waals surface area contributed by atoms with Crippen LogP contribution < -0.4 is 10.6 Å². The first-order valence-corrected chi connectivity index (χ1v) is 7.88. The van der Waals surface area contributed by atoms with E-state index >= 15 is 0 Å². The summed E-state index contributed by atoms with van der Waals surface area (Å²) in [6, 6.07) is 10.2. The van der Waals surface area contributed by atoms with Gasteiger partial charge < -0.3 is 15.7 Å². The lowest BCUT2D eigenvalue weighted by Crippen LogP contribution is -2.35. The predicted octanol–water partition coefficient (Wildman–Crippen LogP) is 2.08. The number of rotatable bonds is 5. The molecule has 0 spiro atoms. The molecule has 118 valence electrons. The third kappa shape index (κ3) is 3.48. The highest BCUT2D eigenvalue weighted by atomic mass is 16.3. The number of aromatic nitrogens is 2. The fraction of sp³-hybridized carbons (Fsp3) is 0.471. The Hall–Kier alpha value is -1.85. The standard InChI is InChI=1S/C17H24N4O/c1-12-7-17-19-10-15(11-21(17)20-12)9-18-8-14-3-5-16(6-4-14)13(2)22/h3-7,13,15,18-19,22H,8-11H2,1-2H3/t13-,15-/m0/s1. The van der Waals surface area contributed by atoms with E-state index in [1.165, 1.54) is 5.56 Å². The summed E-state index contributed by atoms with van der Waals surface area (Å²) in [5, 5.41) is 21.0. The molecule has 22 heavy (non-hydrogen) atoms. The van der Waals surface area contributed by atoms with Crippen LogP contribution in [0.25, 0.3) is 0 Å². The lowest BCUT2D eigenvalue weighted by Gasteiger charge is -2.25. The molecule has 0 saturated heterocycles. The van der Waals surface area contributed by atoms with E-state index in [4.69, 9.17) is 0 Å². The van der Waals surface area contributed by atoms with Gasteiger partial charge in [-0.25, -0.2) is 4.68 Å². The smallest absolute Gasteiger partial charge is 0.124 e. The van der Waals surface area contributed by atoms with Gasteiger partial charge in [0.05, 0.1) is 11.8 Å². The molecule has 0 aliphatic carbocycles. The third-order valence-electron chi connectivity index (χ3n) is 4.13. The van der Waals surface area contributed by atoms with Crippen molar-refractivity contribution in [3.63, 3.8) is 0 Å². The molecule has 3 N–H and O–H groups in total. The van der Waals surface area contributed by atoms with E-state index in [1.807, 2.05) is 19.1 Å². The minimum Gasteiger partial charge on any atom is -0.389 e. The lowest BCUT2D eigenvalue weighted by atomic mass is 10.1. The Morgan fingerprint density at radius 3 is 2.91 bits per heavy atom. The molecule has 3 rings (SSSR count). The zero-order chi connectivity index (χ0) is 15.5. The van der Waals surface area contributed by atoms with Gasteiger partial charge in [0, 0.05) is 38.2 Å².